The molecule has 0 radical (unpaired) electrons. The fraction of sp³-hybridized carbons (Fsp3) is 0.0476. The van der Waals surface area contributed by atoms with Crippen molar-refractivity contribution in [3.63, 3.8) is 0 Å². The van der Waals surface area contributed by atoms with Crippen LogP contribution in [0.4, 0.5) is 5.69 Å². The van der Waals surface area contributed by atoms with Gasteiger partial charge < -0.3 is 0 Å². The smallest absolute Gasteiger partial charge is 0.282 e. The monoisotopic (exact) mass is 543 g/mol. The van der Waals surface area contributed by atoms with E-state index in [-0.39, 0.29) is 26.7 Å². The van der Waals surface area contributed by atoms with Gasteiger partial charge in [0.15, 0.2) is 0 Å². The molecule has 0 aromatic heterocycles. The molecule has 0 unspecified atom stereocenters. The van der Waals surface area contributed by atoms with Crippen LogP contribution in [0.25, 0.3) is 12.2 Å². The van der Waals surface area contributed by atoms with Crippen LogP contribution in [0.1, 0.15) is 16.7 Å². The first-order valence-electron chi connectivity index (χ1n) is 9.33. The highest BCUT2D eigenvalue weighted by Gasteiger charge is 2.19. The molecule has 3 rings (SSSR count). The Labute approximate surface area is 202 Å². The number of nitrogens with one attached hydrogen (secondary N) is 1. The second-order valence-electron chi connectivity index (χ2n) is 7.14. The number of rotatable bonds is 7. The number of aryl methyl sites for hydroxylation is 1. The van der Waals surface area contributed by atoms with Crippen molar-refractivity contribution < 1.29 is 34.4 Å². The van der Waals surface area contributed by atoms with Gasteiger partial charge in [0.05, 0.1) is 10.6 Å². The molecule has 9 nitrogen and oxygen atoms in total. The van der Waals surface area contributed by atoms with E-state index >= 15 is 0 Å². The van der Waals surface area contributed by atoms with Gasteiger partial charge in [-0.05, 0) is 54.4 Å². The van der Waals surface area contributed by atoms with Gasteiger partial charge in [-0.2, -0.15) is 16.8 Å². The Hall–Kier alpha value is -2.74. The van der Waals surface area contributed by atoms with Crippen LogP contribution in [0.15, 0.2) is 75.4 Å². The third-order valence-electron chi connectivity index (χ3n) is 4.57. The molecule has 13 heteroatoms. The molecule has 34 heavy (non-hydrogen) atoms. The summed E-state index contributed by atoms with van der Waals surface area (Å²) in [6.45, 7) is 1.79. The topological polar surface area (TPSA) is 155 Å². The van der Waals surface area contributed by atoms with Gasteiger partial charge in [0.2, 0.25) is 0 Å². The van der Waals surface area contributed by atoms with E-state index in [0.717, 1.165) is 17.7 Å². The number of benzene rings is 3. The average Bonchev–Trinajstić information content (AvgIpc) is 2.72. The van der Waals surface area contributed by atoms with Crippen LogP contribution >= 0.6 is 11.6 Å². The molecule has 0 saturated carbocycles. The quantitative estimate of drug-likeness (QED) is 0.297. The van der Waals surface area contributed by atoms with E-state index in [1.165, 1.54) is 48.6 Å². The van der Waals surface area contributed by atoms with E-state index in [4.69, 9.17) is 11.6 Å². The molecular weight excluding hydrogens is 526 g/mol. The van der Waals surface area contributed by atoms with Gasteiger partial charge in [-0.1, -0.05) is 53.6 Å². The first kappa shape index (κ1) is 25.9. The van der Waals surface area contributed by atoms with Crippen LogP contribution in [0.2, 0.25) is 5.02 Å². The molecule has 0 fully saturated rings. The predicted molar refractivity (Wildman–Crippen MR) is 128 cm³/mol. The molecule has 0 bridgehead atoms. The summed E-state index contributed by atoms with van der Waals surface area (Å²) in [6.07, 6.45) is 2.37. The highest BCUT2D eigenvalue weighted by molar-refractivity contribution is 7.92. The maximum absolute atomic E-state index is 12.6. The Bertz CT molecular complexity index is 1600. The van der Waals surface area contributed by atoms with Crippen molar-refractivity contribution in [1.29, 1.82) is 0 Å². The molecule has 0 aliphatic heterocycles. The zero-order valence-corrected chi connectivity index (χ0v) is 20.6. The Morgan fingerprint density at radius 2 is 1.24 bits per heavy atom. The minimum atomic E-state index is -4.81. The van der Waals surface area contributed by atoms with Gasteiger partial charge in [0.25, 0.3) is 30.3 Å². The third-order valence-corrected chi connectivity index (χ3v) is 8.02. The zero-order valence-electron chi connectivity index (χ0n) is 17.4. The van der Waals surface area contributed by atoms with Crippen molar-refractivity contribution in [2.24, 2.45) is 0 Å². The highest BCUT2D eigenvalue weighted by Crippen LogP contribution is 2.27. The molecule has 0 aliphatic carbocycles. The summed E-state index contributed by atoms with van der Waals surface area (Å²) < 4.78 is 93.7. The minimum absolute atomic E-state index is 0.00246. The minimum Gasteiger partial charge on any atom is -0.282 e. The molecule has 0 saturated heterocycles. The number of halogens is 1. The third kappa shape index (κ3) is 6.23. The van der Waals surface area contributed by atoms with Gasteiger partial charge in [0, 0.05) is 5.02 Å². The fourth-order valence-electron chi connectivity index (χ4n) is 2.94. The van der Waals surface area contributed by atoms with E-state index in [0.29, 0.717) is 0 Å². The van der Waals surface area contributed by atoms with E-state index < -0.39 is 40.1 Å². The zero-order chi connectivity index (χ0) is 25.3. The van der Waals surface area contributed by atoms with Gasteiger partial charge in [-0.25, -0.2) is 8.42 Å². The summed E-state index contributed by atoms with van der Waals surface area (Å²) in [6, 6.07) is 13.1. The van der Waals surface area contributed by atoms with Crippen molar-refractivity contribution in [1.82, 2.24) is 0 Å². The summed E-state index contributed by atoms with van der Waals surface area (Å²) in [5.41, 5.74) is 0.645. The van der Waals surface area contributed by atoms with Gasteiger partial charge in [-0.3, -0.25) is 13.8 Å². The molecular formula is C21H18ClNO8S3. The Morgan fingerprint density at radius 1 is 0.735 bits per heavy atom. The summed E-state index contributed by atoms with van der Waals surface area (Å²) in [5.74, 6) is 0. The summed E-state index contributed by atoms with van der Waals surface area (Å²) in [5, 5.41) is 0.0496. The Balaban J connectivity index is 2.02. The number of hydrogen-bond acceptors (Lipinski definition) is 6. The fourth-order valence-corrected chi connectivity index (χ4v) is 5.65. The molecule has 0 spiro atoms. The largest absolute Gasteiger partial charge is 0.295 e. The lowest BCUT2D eigenvalue weighted by atomic mass is 10.1. The average molecular weight is 544 g/mol. The maximum atomic E-state index is 12.6. The molecule has 0 heterocycles. The lowest BCUT2D eigenvalue weighted by Gasteiger charge is -2.11. The van der Waals surface area contributed by atoms with Gasteiger partial charge in [-0.15, -0.1) is 0 Å². The van der Waals surface area contributed by atoms with E-state index in [1.54, 1.807) is 19.1 Å². The van der Waals surface area contributed by atoms with Crippen molar-refractivity contribution in [3.8, 4) is 0 Å². The van der Waals surface area contributed by atoms with Gasteiger partial charge in [0.1, 0.15) is 9.79 Å². The Morgan fingerprint density at radius 3 is 1.76 bits per heavy atom. The number of hydrogen-bond donors (Lipinski definition) is 3. The van der Waals surface area contributed by atoms with Crippen molar-refractivity contribution in [2.45, 2.75) is 21.6 Å². The second-order valence-corrected chi connectivity index (χ2v) is 12.0. The summed E-state index contributed by atoms with van der Waals surface area (Å²) >= 11 is 5.78. The predicted octanol–water partition coefficient (Wildman–Crippen LogP) is 4.11. The number of sulfonamides is 1. The van der Waals surface area contributed by atoms with Crippen molar-refractivity contribution in [3.05, 3.63) is 82.4 Å². The molecule has 3 aromatic carbocycles. The molecule has 180 valence electrons. The standard InChI is InChI=1S/C21H18ClNO8S3/c1-14-2-10-19(11-3-14)32(24,25)23-18-9-7-16(21(13-18)34(29,30)31)5-4-15-6-8-17(22)12-20(15)33(26,27)28/h2-13,23H,1H3,(H,26,27,28)(H,29,30,31). The van der Waals surface area contributed by atoms with Crippen LogP contribution in [-0.2, 0) is 30.3 Å². The van der Waals surface area contributed by atoms with E-state index in [2.05, 4.69) is 4.72 Å². The molecule has 0 aliphatic rings. The summed E-state index contributed by atoms with van der Waals surface area (Å²) in [7, 11) is -13.5. The van der Waals surface area contributed by atoms with Crippen LogP contribution in [0, 0.1) is 6.92 Å². The Kier molecular flexibility index (Phi) is 7.22. The number of anilines is 1. The summed E-state index contributed by atoms with van der Waals surface area (Å²) in [4.78, 5) is -1.18. The molecule has 3 aromatic rings. The van der Waals surface area contributed by atoms with Gasteiger partial charge >= 0.3 is 0 Å². The first-order chi connectivity index (χ1) is 15.7. The van der Waals surface area contributed by atoms with Crippen LogP contribution in [-0.4, -0.2) is 34.4 Å². The lowest BCUT2D eigenvalue weighted by Crippen LogP contribution is -2.13. The van der Waals surface area contributed by atoms with Crippen molar-refractivity contribution in [2.75, 3.05) is 4.72 Å². The highest BCUT2D eigenvalue weighted by atomic mass is 35.5. The maximum Gasteiger partial charge on any atom is 0.295 e. The SMILES string of the molecule is Cc1ccc(S(=O)(=O)Nc2ccc(C=Cc3ccc(Cl)cc3S(=O)(=O)O)c(S(=O)(=O)O)c2)cc1. The van der Waals surface area contributed by atoms with E-state index in [9.17, 15) is 34.4 Å². The van der Waals surface area contributed by atoms with E-state index in [1.807, 2.05) is 0 Å². The normalized spacial score (nSPS) is 12.7. The molecule has 0 amide bonds. The van der Waals surface area contributed by atoms with Crippen LogP contribution in [0.5, 0.6) is 0 Å². The first-order valence-corrected chi connectivity index (χ1v) is 14.1. The van der Waals surface area contributed by atoms with Crippen LogP contribution in [0.3, 0.4) is 0 Å². The molecule has 0 atom stereocenters. The van der Waals surface area contributed by atoms with Crippen molar-refractivity contribution >= 4 is 59.7 Å². The van der Waals surface area contributed by atoms with Crippen LogP contribution < -0.4 is 4.72 Å². The lowest BCUT2D eigenvalue weighted by molar-refractivity contribution is 0.480. The second kappa shape index (κ2) is 9.49. The molecule has 3 N–H and O–H groups in total.